The fourth-order valence-electron chi connectivity index (χ4n) is 3.53. The van der Waals surface area contributed by atoms with Crippen LogP contribution in [0.2, 0.25) is 0 Å². The molecule has 0 aromatic carbocycles. The van der Waals surface area contributed by atoms with Gasteiger partial charge in [-0.25, -0.2) is 33.3 Å². The molecule has 18 heteroatoms. The molecule has 1 aliphatic rings. The number of nitrogen functional groups attached to an aromatic ring is 1. The SMILES string of the molecule is COP(=O)(OC[C@H]1O[C@@H](n2cnc3c(N)nc(C)nc32)[C@H](F)C1O)OP(C)(=O)N[C@@H](C)C(=O)OC(C)C. The zero-order valence-electron chi connectivity index (χ0n) is 21.1. The van der Waals surface area contributed by atoms with E-state index in [1.807, 2.05) is 0 Å². The fourth-order valence-corrected chi connectivity index (χ4v) is 6.94. The number of nitrogens with zero attached hydrogens (tertiary/aromatic N) is 4. The molecule has 1 aliphatic heterocycles. The summed E-state index contributed by atoms with van der Waals surface area (Å²) in [4.78, 5) is 24.3. The smallest absolute Gasteiger partial charge is 0.462 e. The molecule has 4 N–H and O–H groups in total. The molecule has 0 amide bonds. The number of nitrogens with two attached hydrogens (primary N) is 1. The first-order valence-corrected chi connectivity index (χ1v) is 14.7. The molecule has 3 heterocycles. The molecule has 1 fully saturated rings. The number of fused-ring (bicyclic) bond motifs is 1. The first kappa shape index (κ1) is 29.5. The van der Waals surface area contributed by atoms with Crippen LogP contribution in [0.25, 0.3) is 11.2 Å². The van der Waals surface area contributed by atoms with Crippen LogP contribution < -0.4 is 10.8 Å². The Balaban J connectivity index is 1.68. The lowest BCUT2D eigenvalue weighted by molar-refractivity contribution is -0.149. The van der Waals surface area contributed by atoms with E-state index in [1.165, 1.54) is 17.8 Å². The number of imidazole rings is 1. The molecule has 0 radical (unpaired) electrons. The number of aromatic nitrogens is 4. The zero-order valence-corrected chi connectivity index (χ0v) is 22.9. The number of aliphatic hydroxyl groups excluding tert-OH is 1. The standard InChI is InChI=1S/C19H31FN6O9P2/c1-9(2)33-19(28)10(3)25-36(6,29)35-37(30,31-5)32-7-12-15(27)13(20)18(34-12)26-8-22-14-16(21)23-11(4)24-17(14)26/h8-10,12-13,15,18,27H,7H2,1-6H3,(H,25,29)(H2,21,23,24)/t10-,12+,13+,15?,18+,36?,37?/m0/s1. The Hall–Kier alpha value is -2.03. The number of rotatable bonds is 11. The van der Waals surface area contributed by atoms with Crippen molar-refractivity contribution in [3.05, 3.63) is 12.2 Å². The highest BCUT2D eigenvalue weighted by atomic mass is 31.3. The number of carbonyl (C=O) groups excluding carboxylic acids is 1. The third-order valence-corrected chi connectivity index (χ3v) is 8.95. The van der Waals surface area contributed by atoms with Gasteiger partial charge in [0.1, 0.15) is 29.6 Å². The highest BCUT2D eigenvalue weighted by molar-refractivity contribution is 7.66. The first-order chi connectivity index (χ1) is 17.2. The van der Waals surface area contributed by atoms with E-state index in [1.54, 1.807) is 20.8 Å². The van der Waals surface area contributed by atoms with Crippen LogP contribution in [-0.4, -0.2) is 81.5 Å². The molecule has 7 atom stereocenters. The number of alkyl halides is 1. The van der Waals surface area contributed by atoms with E-state index in [4.69, 9.17) is 28.6 Å². The average Bonchev–Trinajstić information content (AvgIpc) is 3.32. The quantitative estimate of drug-likeness (QED) is 0.262. The number of esters is 1. The Labute approximate surface area is 212 Å². The summed E-state index contributed by atoms with van der Waals surface area (Å²) in [5.41, 5.74) is 6.27. The molecule has 3 unspecified atom stereocenters. The molecule has 15 nitrogen and oxygen atoms in total. The average molecular weight is 568 g/mol. The Morgan fingerprint density at radius 2 is 2.03 bits per heavy atom. The number of hydrogen-bond acceptors (Lipinski definition) is 13. The maximum atomic E-state index is 15.0. The Morgan fingerprint density at radius 1 is 1.35 bits per heavy atom. The van der Waals surface area contributed by atoms with Crippen LogP contribution >= 0.6 is 15.3 Å². The fraction of sp³-hybridized carbons (Fsp3) is 0.684. The lowest BCUT2D eigenvalue weighted by atomic mass is 10.1. The molecule has 3 rings (SSSR count). The van der Waals surface area contributed by atoms with Gasteiger partial charge in [-0.15, -0.1) is 0 Å². The number of hydrogen-bond donors (Lipinski definition) is 3. The number of aryl methyl sites for hydroxylation is 1. The maximum Gasteiger partial charge on any atom is 0.481 e. The van der Waals surface area contributed by atoms with E-state index in [0.29, 0.717) is 5.82 Å². The molecule has 37 heavy (non-hydrogen) atoms. The number of aliphatic hydroxyl groups is 1. The highest BCUT2D eigenvalue weighted by Gasteiger charge is 2.47. The van der Waals surface area contributed by atoms with Gasteiger partial charge in [0.2, 0.25) is 0 Å². The minimum atomic E-state index is -4.51. The normalized spacial score (nSPS) is 26.2. The summed E-state index contributed by atoms with van der Waals surface area (Å²) < 4.78 is 67.8. The minimum Gasteiger partial charge on any atom is -0.462 e. The third-order valence-electron chi connectivity index (χ3n) is 5.14. The predicted octanol–water partition coefficient (Wildman–Crippen LogP) is 1.85. The molecular formula is C19H31FN6O9P2. The van der Waals surface area contributed by atoms with Gasteiger partial charge in [-0.1, -0.05) is 0 Å². The number of carbonyl (C=O) groups is 1. The number of phosphoric acid groups is 1. The molecule has 0 bridgehead atoms. The van der Waals surface area contributed by atoms with E-state index >= 15 is 4.39 Å². The topological polar surface area (TPSA) is 199 Å². The molecule has 1 saturated heterocycles. The summed E-state index contributed by atoms with van der Waals surface area (Å²) >= 11 is 0. The van der Waals surface area contributed by atoms with Crippen LogP contribution in [0.1, 0.15) is 32.8 Å². The van der Waals surface area contributed by atoms with Gasteiger partial charge < -0.3 is 20.3 Å². The lowest BCUT2D eigenvalue weighted by Gasteiger charge is -2.24. The molecule has 208 valence electrons. The monoisotopic (exact) mass is 568 g/mol. The van der Waals surface area contributed by atoms with Gasteiger partial charge in [0.15, 0.2) is 23.9 Å². The van der Waals surface area contributed by atoms with Crippen LogP contribution in [0.15, 0.2) is 6.33 Å². The van der Waals surface area contributed by atoms with Gasteiger partial charge in [-0.3, -0.25) is 23.0 Å². The summed E-state index contributed by atoms with van der Waals surface area (Å²) in [5, 5.41) is 12.8. The van der Waals surface area contributed by atoms with Crippen molar-refractivity contribution < 1.29 is 46.3 Å². The molecule has 0 aliphatic carbocycles. The van der Waals surface area contributed by atoms with Gasteiger partial charge >= 0.3 is 13.8 Å². The van der Waals surface area contributed by atoms with Gasteiger partial charge in [-0.2, -0.15) is 0 Å². The number of nitrogens with one attached hydrogen (secondary N) is 1. The molecule has 2 aromatic heterocycles. The second-order valence-electron chi connectivity index (χ2n) is 8.67. The summed E-state index contributed by atoms with van der Waals surface area (Å²) in [6.07, 6.45) is -5.50. The second-order valence-corrected chi connectivity index (χ2v) is 12.8. The molecular weight excluding hydrogens is 537 g/mol. The number of ether oxygens (including phenoxy) is 2. The van der Waals surface area contributed by atoms with Crippen molar-refractivity contribution in [2.24, 2.45) is 0 Å². The third kappa shape index (κ3) is 6.89. The van der Waals surface area contributed by atoms with Crippen molar-refractivity contribution in [1.82, 2.24) is 24.6 Å². The maximum absolute atomic E-state index is 15.0. The second kappa shape index (κ2) is 11.4. The van der Waals surface area contributed by atoms with E-state index < -0.39 is 64.7 Å². The zero-order chi connectivity index (χ0) is 27.7. The Bertz CT molecular complexity index is 1230. The van der Waals surface area contributed by atoms with E-state index in [2.05, 4.69) is 20.0 Å². The van der Waals surface area contributed by atoms with Crippen molar-refractivity contribution in [3.63, 3.8) is 0 Å². The van der Waals surface area contributed by atoms with Crippen molar-refractivity contribution in [3.8, 4) is 0 Å². The lowest BCUT2D eigenvalue weighted by Crippen LogP contribution is -2.35. The summed E-state index contributed by atoms with van der Waals surface area (Å²) in [7, 11) is -7.47. The van der Waals surface area contributed by atoms with Crippen LogP contribution in [0.5, 0.6) is 0 Å². The van der Waals surface area contributed by atoms with Crippen molar-refractivity contribution in [2.75, 3.05) is 26.1 Å². The Kier molecular flexibility index (Phi) is 9.08. The van der Waals surface area contributed by atoms with Crippen molar-refractivity contribution in [1.29, 1.82) is 0 Å². The van der Waals surface area contributed by atoms with Crippen molar-refractivity contribution in [2.45, 2.75) is 64.4 Å². The van der Waals surface area contributed by atoms with E-state index in [-0.39, 0.29) is 17.0 Å². The molecule has 0 saturated carbocycles. The largest absolute Gasteiger partial charge is 0.481 e. The number of phosphoric ester groups is 1. The van der Waals surface area contributed by atoms with Crippen LogP contribution in [0, 0.1) is 6.92 Å². The van der Waals surface area contributed by atoms with Gasteiger partial charge in [0.25, 0.3) is 7.52 Å². The number of anilines is 1. The molecule has 0 spiro atoms. The van der Waals surface area contributed by atoms with Crippen LogP contribution in [0.3, 0.4) is 0 Å². The summed E-state index contributed by atoms with van der Waals surface area (Å²) in [6, 6.07) is -1.07. The first-order valence-electron chi connectivity index (χ1n) is 11.2. The minimum absolute atomic E-state index is 0.0951. The predicted molar refractivity (Wildman–Crippen MR) is 128 cm³/mol. The van der Waals surface area contributed by atoms with E-state index in [9.17, 15) is 19.0 Å². The van der Waals surface area contributed by atoms with Crippen molar-refractivity contribution >= 4 is 38.3 Å². The summed E-state index contributed by atoms with van der Waals surface area (Å²) in [5.74, 6) is -0.286. The van der Waals surface area contributed by atoms with E-state index in [0.717, 1.165) is 13.8 Å². The van der Waals surface area contributed by atoms with Crippen LogP contribution in [-0.2, 0) is 36.8 Å². The van der Waals surface area contributed by atoms with Crippen LogP contribution in [0.4, 0.5) is 10.2 Å². The Morgan fingerprint density at radius 3 is 2.65 bits per heavy atom. The number of halogens is 1. The highest BCUT2D eigenvalue weighted by Crippen LogP contribution is 2.61. The van der Waals surface area contributed by atoms with Gasteiger partial charge in [0, 0.05) is 13.8 Å². The van der Waals surface area contributed by atoms with Gasteiger partial charge in [0.05, 0.1) is 19.0 Å². The summed E-state index contributed by atoms with van der Waals surface area (Å²) in [6.45, 7) is 6.67. The molecule has 2 aromatic rings. The van der Waals surface area contributed by atoms with Gasteiger partial charge in [-0.05, 0) is 27.7 Å².